The molecule has 2 nitrogen and oxygen atoms in total. The Labute approximate surface area is 118 Å². The van der Waals surface area contributed by atoms with Crippen LogP contribution in [0.2, 0.25) is 0 Å². The fourth-order valence-corrected chi connectivity index (χ4v) is 3.27. The molecule has 0 bridgehead atoms. The van der Waals surface area contributed by atoms with Gasteiger partial charge in [0, 0.05) is 15.1 Å². The lowest BCUT2D eigenvalue weighted by molar-refractivity contribution is 0.682. The van der Waals surface area contributed by atoms with Gasteiger partial charge in [-0.3, -0.25) is 4.21 Å². The average molecular weight is 324 g/mol. The van der Waals surface area contributed by atoms with Gasteiger partial charge in [0.15, 0.2) is 0 Å². The summed E-state index contributed by atoms with van der Waals surface area (Å²) in [4.78, 5) is 0.821. The maximum Gasteiger partial charge on any atom is 0.0574 e. The first kappa shape index (κ1) is 13.3. The lowest BCUT2D eigenvalue weighted by Crippen LogP contribution is -1.98. The highest BCUT2D eigenvalue weighted by atomic mass is 79.9. The zero-order chi connectivity index (χ0) is 13.1. The van der Waals surface area contributed by atoms with Crippen LogP contribution in [-0.2, 0) is 16.6 Å². The Morgan fingerprint density at radius 2 is 2.00 bits per heavy atom. The van der Waals surface area contributed by atoms with Crippen molar-refractivity contribution < 1.29 is 4.21 Å². The van der Waals surface area contributed by atoms with Gasteiger partial charge in [0.05, 0.1) is 16.6 Å². The number of anilines is 1. The molecule has 2 N–H and O–H groups in total. The van der Waals surface area contributed by atoms with Gasteiger partial charge in [0.2, 0.25) is 0 Å². The van der Waals surface area contributed by atoms with Gasteiger partial charge < -0.3 is 5.73 Å². The molecular weight excluding hydrogens is 310 g/mol. The van der Waals surface area contributed by atoms with Crippen molar-refractivity contribution >= 4 is 32.4 Å². The Morgan fingerprint density at radius 1 is 1.22 bits per heavy atom. The predicted molar refractivity (Wildman–Crippen MR) is 79.8 cm³/mol. The summed E-state index contributed by atoms with van der Waals surface area (Å²) in [7, 11) is -1.04. The van der Waals surface area contributed by atoms with Crippen LogP contribution >= 0.6 is 15.9 Å². The molecule has 2 rings (SSSR count). The molecule has 0 aliphatic rings. The van der Waals surface area contributed by atoms with E-state index in [0.29, 0.717) is 5.75 Å². The third-order valence-corrected chi connectivity index (χ3v) is 4.56. The molecule has 0 saturated carbocycles. The number of halogens is 1. The van der Waals surface area contributed by atoms with Crippen molar-refractivity contribution in [2.24, 2.45) is 0 Å². The van der Waals surface area contributed by atoms with Gasteiger partial charge >= 0.3 is 0 Å². The second-order valence-electron chi connectivity index (χ2n) is 4.14. The van der Waals surface area contributed by atoms with E-state index in [4.69, 9.17) is 5.73 Å². The smallest absolute Gasteiger partial charge is 0.0574 e. The predicted octanol–water partition coefficient (Wildman–Crippen LogP) is 3.65. The van der Waals surface area contributed by atoms with Crippen molar-refractivity contribution in [2.45, 2.75) is 17.6 Å². The molecule has 0 aromatic heterocycles. The molecule has 0 radical (unpaired) electrons. The molecular formula is C14H14BrNOS. The fourth-order valence-electron chi connectivity index (χ4n) is 1.65. The summed E-state index contributed by atoms with van der Waals surface area (Å²) >= 11 is 3.41. The van der Waals surface area contributed by atoms with E-state index in [1.54, 1.807) is 0 Å². The summed E-state index contributed by atoms with van der Waals surface area (Å²) in [5, 5.41) is 0. The van der Waals surface area contributed by atoms with E-state index >= 15 is 0 Å². The number of nitrogen functional groups attached to an aromatic ring is 1. The van der Waals surface area contributed by atoms with Crippen molar-refractivity contribution in [3.8, 4) is 0 Å². The molecule has 0 amide bonds. The first-order chi connectivity index (χ1) is 8.56. The topological polar surface area (TPSA) is 43.1 Å². The minimum atomic E-state index is -1.04. The minimum Gasteiger partial charge on any atom is -0.399 e. The number of benzene rings is 2. The summed E-state index contributed by atoms with van der Waals surface area (Å²) < 4.78 is 13.2. The summed E-state index contributed by atoms with van der Waals surface area (Å²) in [5.41, 5.74) is 8.51. The molecule has 94 valence electrons. The Morgan fingerprint density at radius 3 is 2.67 bits per heavy atom. The fraction of sp³-hybridized carbons (Fsp3) is 0.143. The molecule has 18 heavy (non-hydrogen) atoms. The van der Waals surface area contributed by atoms with Gasteiger partial charge in [-0.2, -0.15) is 0 Å². The Kier molecular flexibility index (Phi) is 4.19. The molecule has 0 aliphatic carbocycles. The summed E-state index contributed by atoms with van der Waals surface area (Å²) in [5.74, 6) is 0.517. The van der Waals surface area contributed by atoms with Gasteiger partial charge in [0.1, 0.15) is 0 Å². The van der Waals surface area contributed by atoms with Crippen LogP contribution in [0.4, 0.5) is 5.69 Å². The van der Waals surface area contributed by atoms with Crippen LogP contribution in [0.15, 0.2) is 51.8 Å². The second kappa shape index (κ2) is 5.67. The van der Waals surface area contributed by atoms with Crippen molar-refractivity contribution in [2.75, 3.05) is 5.73 Å². The van der Waals surface area contributed by atoms with Crippen LogP contribution in [0.1, 0.15) is 11.1 Å². The van der Waals surface area contributed by atoms with Crippen molar-refractivity contribution in [3.05, 3.63) is 58.1 Å². The van der Waals surface area contributed by atoms with E-state index < -0.39 is 10.8 Å². The van der Waals surface area contributed by atoms with Gasteiger partial charge in [-0.1, -0.05) is 28.1 Å². The SMILES string of the molecule is Cc1cc(S(=O)Cc2cccc(Br)c2)ccc1N. The molecule has 1 unspecified atom stereocenters. The summed E-state index contributed by atoms with van der Waals surface area (Å²) in [6.45, 7) is 1.93. The third-order valence-electron chi connectivity index (χ3n) is 2.69. The maximum atomic E-state index is 12.2. The van der Waals surface area contributed by atoms with Gasteiger partial charge in [-0.15, -0.1) is 0 Å². The molecule has 2 aromatic carbocycles. The summed E-state index contributed by atoms with van der Waals surface area (Å²) in [6, 6.07) is 13.4. The molecule has 0 heterocycles. The zero-order valence-corrected chi connectivity index (χ0v) is 12.4. The standard InChI is InChI=1S/C14H14BrNOS/c1-10-7-13(5-6-14(10)16)18(17)9-11-3-2-4-12(15)8-11/h2-8H,9,16H2,1H3. The summed E-state index contributed by atoms with van der Waals surface area (Å²) in [6.07, 6.45) is 0. The van der Waals surface area contributed by atoms with Crippen LogP contribution in [0.25, 0.3) is 0 Å². The first-order valence-corrected chi connectivity index (χ1v) is 7.66. The molecule has 1 atom stereocenters. The lowest BCUT2D eigenvalue weighted by Gasteiger charge is -2.06. The normalized spacial score (nSPS) is 12.3. The molecule has 0 aliphatic heterocycles. The van der Waals surface area contributed by atoms with Gasteiger partial charge in [-0.05, 0) is 48.4 Å². The van der Waals surface area contributed by atoms with Crippen molar-refractivity contribution in [1.82, 2.24) is 0 Å². The van der Waals surface area contributed by atoms with E-state index in [-0.39, 0.29) is 0 Å². The molecule has 0 saturated heterocycles. The number of aryl methyl sites for hydroxylation is 1. The Bertz CT molecular complexity index is 598. The molecule has 4 heteroatoms. The number of nitrogens with two attached hydrogens (primary N) is 1. The highest BCUT2D eigenvalue weighted by molar-refractivity contribution is 9.10. The van der Waals surface area contributed by atoms with E-state index in [1.807, 2.05) is 49.4 Å². The maximum absolute atomic E-state index is 12.2. The molecule has 2 aromatic rings. The van der Waals surface area contributed by atoms with Crippen LogP contribution < -0.4 is 5.73 Å². The van der Waals surface area contributed by atoms with Crippen molar-refractivity contribution in [3.63, 3.8) is 0 Å². The third kappa shape index (κ3) is 3.21. The average Bonchev–Trinajstić information content (AvgIpc) is 2.32. The highest BCUT2D eigenvalue weighted by Gasteiger charge is 2.06. The van der Waals surface area contributed by atoms with E-state index in [0.717, 1.165) is 26.2 Å². The molecule has 0 fully saturated rings. The van der Waals surface area contributed by atoms with E-state index in [1.165, 1.54) is 0 Å². The van der Waals surface area contributed by atoms with Gasteiger partial charge in [0.25, 0.3) is 0 Å². The van der Waals surface area contributed by atoms with Crippen LogP contribution in [0.5, 0.6) is 0 Å². The lowest BCUT2D eigenvalue weighted by atomic mass is 10.2. The number of hydrogen-bond acceptors (Lipinski definition) is 2. The second-order valence-corrected chi connectivity index (χ2v) is 6.50. The molecule has 0 spiro atoms. The van der Waals surface area contributed by atoms with E-state index in [9.17, 15) is 4.21 Å². The van der Waals surface area contributed by atoms with Crippen molar-refractivity contribution in [1.29, 1.82) is 0 Å². The Balaban J connectivity index is 2.19. The Hall–Kier alpha value is -1.13. The van der Waals surface area contributed by atoms with Crippen LogP contribution in [0, 0.1) is 6.92 Å². The largest absolute Gasteiger partial charge is 0.399 e. The zero-order valence-electron chi connectivity index (χ0n) is 10.0. The van der Waals surface area contributed by atoms with Crippen LogP contribution in [-0.4, -0.2) is 4.21 Å². The van der Waals surface area contributed by atoms with E-state index in [2.05, 4.69) is 15.9 Å². The number of hydrogen-bond donors (Lipinski definition) is 1. The highest BCUT2D eigenvalue weighted by Crippen LogP contribution is 2.19. The first-order valence-electron chi connectivity index (χ1n) is 5.55. The number of rotatable bonds is 3. The quantitative estimate of drug-likeness (QED) is 0.876. The monoisotopic (exact) mass is 323 g/mol. The van der Waals surface area contributed by atoms with Crippen LogP contribution in [0.3, 0.4) is 0 Å². The van der Waals surface area contributed by atoms with Gasteiger partial charge in [-0.25, -0.2) is 0 Å². The minimum absolute atomic E-state index is 0.517.